The number of pyridine rings is 1. The number of benzene rings is 1. The molecule has 40 heavy (non-hydrogen) atoms. The van der Waals surface area contributed by atoms with Crippen molar-refractivity contribution in [1.82, 2.24) is 4.98 Å². The van der Waals surface area contributed by atoms with Crippen molar-refractivity contribution in [3.05, 3.63) is 58.3 Å². The summed E-state index contributed by atoms with van der Waals surface area (Å²) in [7, 11) is 0. The van der Waals surface area contributed by atoms with Crippen molar-refractivity contribution in [2.24, 2.45) is 0 Å². The molecule has 0 spiro atoms. The normalized spacial score (nSPS) is 11.5. The summed E-state index contributed by atoms with van der Waals surface area (Å²) in [6, 6.07) is 11.2. The van der Waals surface area contributed by atoms with Crippen molar-refractivity contribution in [2.75, 3.05) is 18.0 Å². The third-order valence-electron chi connectivity index (χ3n) is 8.08. The van der Waals surface area contributed by atoms with Crippen LogP contribution in [0.25, 0.3) is 12.2 Å². The van der Waals surface area contributed by atoms with Gasteiger partial charge in [0.15, 0.2) is 0 Å². The minimum Gasteiger partial charge on any atom is -0.372 e. The SMILES string of the molecule is CCCCCCCCCCCCN(CCCCCCCCCCCC)c1ccc(/C=C/c2ccncc2Br)cc1. The Balaban J connectivity index is 1.77. The summed E-state index contributed by atoms with van der Waals surface area (Å²) in [5, 5.41) is 0. The van der Waals surface area contributed by atoms with Gasteiger partial charge in [0, 0.05) is 35.6 Å². The zero-order valence-corrected chi connectivity index (χ0v) is 27.6. The molecule has 2 aromatic rings. The lowest BCUT2D eigenvalue weighted by Crippen LogP contribution is -2.25. The molecule has 1 aromatic heterocycles. The largest absolute Gasteiger partial charge is 0.372 e. The molecule has 0 aliphatic heterocycles. The van der Waals surface area contributed by atoms with Gasteiger partial charge in [-0.25, -0.2) is 0 Å². The van der Waals surface area contributed by atoms with Gasteiger partial charge >= 0.3 is 0 Å². The van der Waals surface area contributed by atoms with Crippen molar-refractivity contribution >= 4 is 33.8 Å². The highest BCUT2D eigenvalue weighted by Crippen LogP contribution is 2.21. The standard InChI is InChI=1S/C37H59BrN2/c1-3-5-7-9-11-13-15-17-19-21-31-40(32-22-20-18-16-14-12-10-8-6-4-2)36-27-24-34(25-28-36)23-26-35-29-30-39-33-37(35)38/h23-30,33H,3-22,31-32H2,1-2H3/b26-23+. The monoisotopic (exact) mass is 610 g/mol. The Morgan fingerprint density at radius 2 is 1.02 bits per heavy atom. The van der Waals surface area contributed by atoms with Crippen LogP contribution in [0.2, 0.25) is 0 Å². The Labute approximate surface area is 256 Å². The number of unbranched alkanes of at least 4 members (excludes halogenated alkanes) is 18. The number of rotatable bonds is 25. The molecular formula is C37H59BrN2. The highest BCUT2D eigenvalue weighted by atomic mass is 79.9. The second-order valence-corrected chi connectivity index (χ2v) is 12.5. The minimum atomic E-state index is 1.03. The Kier molecular flexibility index (Phi) is 20.8. The molecule has 0 aliphatic carbocycles. The molecule has 0 bridgehead atoms. The molecular weight excluding hydrogens is 552 g/mol. The second-order valence-electron chi connectivity index (χ2n) is 11.7. The molecule has 0 saturated carbocycles. The van der Waals surface area contributed by atoms with E-state index in [2.05, 4.69) is 76.1 Å². The molecule has 0 amide bonds. The van der Waals surface area contributed by atoms with E-state index >= 15 is 0 Å². The first-order chi connectivity index (χ1) is 19.7. The summed E-state index contributed by atoms with van der Waals surface area (Å²) in [6.07, 6.45) is 36.0. The van der Waals surface area contributed by atoms with Gasteiger partial charge in [-0.15, -0.1) is 0 Å². The third kappa shape index (κ3) is 16.6. The van der Waals surface area contributed by atoms with E-state index in [1.54, 1.807) is 0 Å². The van der Waals surface area contributed by atoms with E-state index in [9.17, 15) is 0 Å². The van der Waals surface area contributed by atoms with E-state index in [-0.39, 0.29) is 0 Å². The molecule has 2 rings (SSSR count). The fourth-order valence-electron chi connectivity index (χ4n) is 5.45. The van der Waals surface area contributed by atoms with E-state index < -0.39 is 0 Å². The molecule has 0 fully saturated rings. The molecule has 0 saturated heterocycles. The fourth-order valence-corrected chi connectivity index (χ4v) is 5.84. The summed E-state index contributed by atoms with van der Waals surface area (Å²) in [5.41, 5.74) is 3.78. The molecule has 1 aromatic carbocycles. The van der Waals surface area contributed by atoms with E-state index in [1.807, 2.05) is 18.5 Å². The molecule has 0 atom stereocenters. The Morgan fingerprint density at radius 1 is 0.575 bits per heavy atom. The maximum atomic E-state index is 4.16. The van der Waals surface area contributed by atoms with Gasteiger partial charge in [-0.2, -0.15) is 0 Å². The van der Waals surface area contributed by atoms with Gasteiger partial charge in [0.2, 0.25) is 0 Å². The molecule has 0 radical (unpaired) electrons. The summed E-state index contributed by atoms with van der Waals surface area (Å²) < 4.78 is 1.03. The quantitative estimate of drug-likeness (QED) is 0.104. The number of aromatic nitrogens is 1. The summed E-state index contributed by atoms with van der Waals surface area (Å²) >= 11 is 3.59. The molecule has 3 heteroatoms. The van der Waals surface area contributed by atoms with Gasteiger partial charge in [0.1, 0.15) is 0 Å². The van der Waals surface area contributed by atoms with Crippen LogP contribution in [-0.2, 0) is 0 Å². The van der Waals surface area contributed by atoms with Crippen LogP contribution in [0.15, 0.2) is 47.2 Å². The first-order valence-corrected chi connectivity index (χ1v) is 17.7. The number of hydrogen-bond acceptors (Lipinski definition) is 2. The molecule has 2 nitrogen and oxygen atoms in total. The second kappa shape index (κ2) is 24.0. The summed E-state index contributed by atoms with van der Waals surface area (Å²) in [6.45, 7) is 6.98. The predicted octanol–water partition coefficient (Wildman–Crippen LogP) is 12.7. The first-order valence-electron chi connectivity index (χ1n) is 16.9. The predicted molar refractivity (Wildman–Crippen MR) is 183 cm³/mol. The average Bonchev–Trinajstić information content (AvgIpc) is 2.98. The van der Waals surface area contributed by atoms with Crippen molar-refractivity contribution in [3.63, 3.8) is 0 Å². The van der Waals surface area contributed by atoms with Crippen LogP contribution in [0, 0.1) is 0 Å². The number of anilines is 1. The van der Waals surface area contributed by atoms with Crippen LogP contribution in [0.4, 0.5) is 5.69 Å². The van der Waals surface area contributed by atoms with Gasteiger partial charge in [0.25, 0.3) is 0 Å². The molecule has 224 valence electrons. The highest BCUT2D eigenvalue weighted by Gasteiger charge is 2.07. The smallest absolute Gasteiger partial charge is 0.0431 e. The Morgan fingerprint density at radius 3 is 1.48 bits per heavy atom. The van der Waals surface area contributed by atoms with Gasteiger partial charge in [-0.1, -0.05) is 154 Å². The van der Waals surface area contributed by atoms with Crippen molar-refractivity contribution in [1.29, 1.82) is 0 Å². The molecule has 0 unspecified atom stereocenters. The van der Waals surface area contributed by atoms with Crippen LogP contribution < -0.4 is 4.90 Å². The lowest BCUT2D eigenvalue weighted by atomic mass is 10.1. The molecule has 0 N–H and O–H groups in total. The van der Waals surface area contributed by atoms with Gasteiger partial charge in [-0.05, 0) is 58.1 Å². The highest BCUT2D eigenvalue weighted by molar-refractivity contribution is 9.10. The summed E-state index contributed by atoms with van der Waals surface area (Å²) in [5.74, 6) is 0. The van der Waals surface area contributed by atoms with Crippen LogP contribution >= 0.6 is 15.9 Å². The fraction of sp³-hybridized carbons (Fsp3) is 0.649. The van der Waals surface area contributed by atoms with Gasteiger partial charge in [-0.3, -0.25) is 4.98 Å². The summed E-state index contributed by atoms with van der Waals surface area (Å²) in [4.78, 5) is 6.82. The Bertz CT molecular complexity index is 852. The molecule has 0 aliphatic rings. The van der Waals surface area contributed by atoms with E-state index in [1.165, 1.54) is 153 Å². The average molecular weight is 612 g/mol. The maximum absolute atomic E-state index is 4.16. The van der Waals surface area contributed by atoms with Gasteiger partial charge < -0.3 is 4.90 Å². The van der Waals surface area contributed by atoms with Crippen molar-refractivity contribution in [2.45, 2.75) is 142 Å². The maximum Gasteiger partial charge on any atom is 0.0431 e. The van der Waals surface area contributed by atoms with Crippen LogP contribution in [0.1, 0.15) is 153 Å². The van der Waals surface area contributed by atoms with Crippen LogP contribution in [0.5, 0.6) is 0 Å². The number of hydrogen-bond donors (Lipinski definition) is 0. The zero-order valence-electron chi connectivity index (χ0n) is 26.0. The van der Waals surface area contributed by atoms with Crippen molar-refractivity contribution < 1.29 is 0 Å². The number of nitrogens with zero attached hydrogens (tertiary/aromatic N) is 2. The number of halogens is 1. The lowest BCUT2D eigenvalue weighted by Gasteiger charge is -2.25. The van der Waals surface area contributed by atoms with E-state index in [0.717, 1.165) is 10.0 Å². The topological polar surface area (TPSA) is 16.1 Å². The van der Waals surface area contributed by atoms with E-state index in [0.29, 0.717) is 0 Å². The zero-order chi connectivity index (χ0) is 28.5. The van der Waals surface area contributed by atoms with Crippen LogP contribution in [0.3, 0.4) is 0 Å². The van der Waals surface area contributed by atoms with E-state index in [4.69, 9.17) is 0 Å². The van der Waals surface area contributed by atoms with Crippen LogP contribution in [-0.4, -0.2) is 18.1 Å². The molecule has 1 heterocycles. The van der Waals surface area contributed by atoms with Crippen molar-refractivity contribution in [3.8, 4) is 0 Å². The minimum absolute atomic E-state index is 1.03. The van der Waals surface area contributed by atoms with Gasteiger partial charge in [0.05, 0.1) is 0 Å². The first kappa shape index (κ1) is 34.6. The lowest BCUT2D eigenvalue weighted by molar-refractivity contribution is 0.543. The Hall–Kier alpha value is -1.61. The third-order valence-corrected chi connectivity index (χ3v) is 8.74.